The zero-order valence-electron chi connectivity index (χ0n) is 17.1. The molecule has 3 atom stereocenters. The smallest absolute Gasteiger partial charge is 0.270 e. The average Bonchev–Trinajstić information content (AvgIpc) is 3.24. The number of imidazole rings is 1. The Bertz CT molecular complexity index is 1040. The molecule has 1 amide bonds. The number of nitrogens with one attached hydrogen (secondary N) is 1. The minimum absolute atomic E-state index is 0.136. The summed E-state index contributed by atoms with van der Waals surface area (Å²) < 4.78 is 28.4. The van der Waals surface area contributed by atoms with Crippen molar-refractivity contribution in [2.45, 2.75) is 39.2 Å². The monoisotopic (exact) mass is 409 g/mol. The van der Waals surface area contributed by atoms with Gasteiger partial charge in [-0.05, 0) is 53.6 Å². The third kappa shape index (κ3) is 3.99. The fourth-order valence-electron chi connectivity index (χ4n) is 4.19. The summed E-state index contributed by atoms with van der Waals surface area (Å²) >= 11 is 0. The van der Waals surface area contributed by atoms with Crippen molar-refractivity contribution >= 4 is 5.91 Å². The van der Waals surface area contributed by atoms with Gasteiger partial charge in [0, 0.05) is 11.7 Å². The quantitative estimate of drug-likeness (QED) is 0.630. The van der Waals surface area contributed by atoms with E-state index in [1.807, 2.05) is 24.3 Å². The molecule has 0 radical (unpaired) electrons. The molecule has 4 nitrogen and oxygen atoms in total. The predicted octanol–water partition coefficient (Wildman–Crippen LogP) is 5.37. The molecule has 1 heterocycles. The van der Waals surface area contributed by atoms with Gasteiger partial charge in [-0.1, -0.05) is 44.9 Å². The molecule has 0 spiro atoms. The summed E-state index contributed by atoms with van der Waals surface area (Å²) in [5.41, 5.74) is 2.59. The van der Waals surface area contributed by atoms with Gasteiger partial charge in [-0.2, -0.15) is 0 Å². The Morgan fingerprint density at radius 1 is 1.03 bits per heavy atom. The van der Waals surface area contributed by atoms with Gasteiger partial charge in [0.05, 0.1) is 12.5 Å². The number of carbonyl (C=O) groups excluding carboxylic acids is 1. The lowest BCUT2D eigenvalue weighted by Crippen LogP contribution is -2.44. The molecular weight excluding hydrogens is 384 g/mol. The van der Waals surface area contributed by atoms with Gasteiger partial charge in [0.1, 0.15) is 5.69 Å². The van der Waals surface area contributed by atoms with Gasteiger partial charge < -0.3 is 5.32 Å². The van der Waals surface area contributed by atoms with Crippen LogP contribution in [-0.4, -0.2) is 21.5 Å². The first kappa shape index (κ1) is 20.3. The summed E-state index contributed by atoms with van der Waals surface area (Å²) in [6.45, 7) is 4.44. The van der Waals surface area contributed by atoms with Crippen LogP contribution in [-0.2, 0) is 0 Å². The standard InChI is InChI=1S/C24H25F2N3O/c1-15-4-3-5-22(16(15)2)28-24(30)23-13-27-14-29(23)19-9-6-17(7-10-19)18-8-11-20(25)21(26)12-18/h6-16,22H,3-5H2,1-2H3,(H,28,30). The summed E-state index contributed by atoms with van der Waals surface area (Å²) in [7, 11) is 0. The van der Waals surface area contributed by atoms with E-state index in [9.17, 15) is 13.6 Å². The van der Waals surface area contributed by atoms with E-state index >= 15 is 0 Å². The molecule has 1 fully saturated rings. The Morgan fingerprint density at radius 2 is 1.77 bits per heavy atom. The zero-order valence-corrected chi connectivity index (χ0v) is 17.1. The number of halogens is 2. The SMILES string of the molecule is CC1CCCC(NC(=O)c2cncn2-c2ccc(-c3ccc(F)c(F)c3)cc2)C1C. The van der Waals surface area contributed by atoms with Gasteiger partial charge in [-0.15, -0.1) is 0 Å². The summed E-state index contributed by atoms with van der Waals surface area (Å²) in [5, 5.41) is 3.18. The van der Waals surface area contributed by atoms with Crippen LogP contribution in [0.25, 0.3) is 16.8 Å². The molecule has 0 bridgehead atoms. The topological polar surface area (TPSA) is 46.9 Å². The van der Waals surface area contributed by atoms with Crippen molar-refractivity contribution in [3.8, 4) is 16.8 Å². The Kier molecular flexibility index (Phi) is 5.66. The molecule has 3 unspecified atom stereocenters. The van der Waals surface area contributed by atoms with E-state index in [1.165, 1.54) is 18.6 Å². The second-order valence-corrected chi connectivity index (χ2v) is 8.17. The minimum atomic E-state index is -0.878. The molecule has 1 aliphatic carbocycles. The number of hydrogen-bond acceptors (Lipinski definition) is 2. The first-order chi connectivity index (χ1) is 14.4. The maximum atomic E-state index is 13.5. The zero-order chi connectivity index (χ0) is 21.3. The number of benzene rings is 2. The fourth-order valence-corrected chi connectivity index (χ4v) is 4.19. The second-order valence-electron chi connectivity index (χ2n) is 8.17. The molecule has 156 valence electrons. The van der Waals surface area contributed by atoms with Crippen LogP contribution in [0, 0.1) is 23.5 Å². The number of aromatic nitrogens is 2. The largest absolute Gasteiger partial charge is 0.348 e. The highest BCUT2D eigenvalue weighted by atomic mass is 19.2. The van der Waals surface area contributed by atoms with Gasteiger partial charge in [0.15, 0.2) is 11.6 Å². The van der Waals surface area contributed by atoms with Gasteiger partial charge in [0.2, 0.25) is 0 Å². The molecule has 3 aromatic rings. The number of carbonyl (C=O) groups is 1. The van der Waals surface area contributed by atoms with E-state index < -0.39 is 11.6 Å². The molecular formula is C24H25F2N3O. The predicted molar refractivity (Wildman–Crippen MR) is 112 cm³/mol. The third-order valence-electron chi connectivity index (χ3n) is 6.29. The van der Waals surface area contributed by atoms with Crippen molar-refractivity contribution in [3.63, 3.8) is 0 Å². The third-order valence-corrected chi connectivity index (χ3v) is 6.29. The highest BCUT2D eigenvalue weighted by Gasteiger charge is 2.29. The second kappa shape index (κ2) is 8.38. The van der Waals surface area contributed by atoms with Gasteiger partial charge >= 0.3 is 0 Å². The van der Waals surface area contributed by atoms with E-state index in [-0.39, 0.29) is 11.9 Å². The lowest BCUT2D eigenvalue weighted by molar-refractivity contribution is 0.0884. The Balaban J connectivity index is 1.54. The van der Waals surface area contributed by atoms with Crippen LogP contribution in [0.5, 0.6) is 0 Å². The Hall–Kier alpha value is -3.02. The first-order valence-corrected chi connectivity index (χ1v) is 10.3. The van der Waals surface area contributed by atoms with Crippen molar-refractivity contribution in [1.29, 1.82) is 0 Å². The Labute approximate surface area is 175 Å². The molecule has 30 heavy (non-hydrogen) atoms. The maximum Gasteiger partial charge on any atom is 0.270 e. The molecule has 0 saturated heterocycles. The van der Waals surface area contributed by atoms with Gasteiger partial charge in [0.25, 0.3) is 5.91 Å². The highest BCUT2D eigenvalue weighted by molar-refractivity contribution is 5.93. The first-order valence-electron chi connectivity index (χ1n) is 10.3. The van der Waals surface area contributed by atoms with E-state index in [4.69, 9.17) is 0 Å². The molecule has 1 aliphatic rings. The van der Waals surface area contributed by atoms with E-state index in [2.05, 4.69) is 24.1 Å². The normalized spacial score (nSPS) is 21.4. The lowest BCUT2D eigenvalue weighted by atomic mass is 9.78. The van der Waals surface area contributed by atoms with Crippen LogP contribution in [0.4, 0.5) is 8.78 Å². The number of amides is 1. The lowest BCUT2D eigenvalue weighted by Gasteiger charge is -2.34. The molecule has 2 aromatic carbocycles. The average molecular weight is 409 g/mol. The molecule has 1 saturated carbocycles. The van der Waals surface area contributed by atoms with Crippen molar-refractivity contribution in [2.75, 3.05) is 0 Å². The summed E-state index contributed by atoms with van der Waals surface area (Å²) in [6, 6.07) is 11.3. The van der Waals surface area contributed by atoms with E-state index in [0.717, 1.165) is 30.2 Å². The van der Waals surface area contributed by atoms with Crippen molar-refractivity contribution in [3.05, 3.63) is 72.3 Å². The summed E-state index contributed by atoms with van der Waals surface area (Å²) in [6.07, 6.45) is 6.50. The molecule has 1 aromatic heterocycles. The molecule has 6 heteroatoms. The van der Waals surface area contributed by atoms with Crippen LogP contribution in [0.15, 0.2) is 55.0 Å². The van der Waals surface area contributed by atoms with Crippen molar-refractivity contribution in [1.82, 2.24) is 14.9 Å². The number of hydrogen-bond donors (Lipinski definition) is 1. The van der Waals surface area contributed by atoms with E-state index in [1.54, 1.807) is 17.1 Å². The van der Waals surface area contributed by atoms with Crippen molar-refractivity contribution < 1.29 is 13.6 Å². The summed E-state index contributed by atoms with van der Waals surface area (Å²) in [5.74, 6) is -0.849. The van der Waals surface area contributed by atoms with Crippen LogP contribution >= 0.6 is 0 Å². The highest BCUT2D eigenvalue weighted by Crippen LogP contribution is 2.30. The van der Waals surface area contributed by atoms with E-state index in [0.29, 0.717) is 23.1 Å². The van der Waals surface area contributed by atoms with Crippen LogP contribution in [0.1, 0.15) is 43.6 Å². The van der Waals surface area contributed by atoms with Gasteiger partial charge in [-0.25, -0.2) is 13.8 Å². The van der Waals surface area contributed by atoms with Gasteiger partial charge in [-0.3, -0.25) is 9.36 Å². The molecule has 4 rings (SSSR count). The number of nitrogens with zero attached hydrogens (tertiary/aromatic N) is 2. The van der Waals surface area contributed by atoms with Crippen LogP contribution in [0.2, 0.25) is 0 Å². The molecule has 1 N–H and O–H groups in total. The Morgan fingerprint density at radius 3 is 2.50 bits per heavy atom. The van der Waals surface area contributed by atoms with Crippen molar-refractivity contribution in [2.24, 2.45) is 11.8 Å². The number of rotatable bonds is 4. The van der Waals surface area contributed by atoms with Crippen LogP contribution < -0.4 is 5.32 Å². The van der Waals surface area contributed by atoms with Crippen LogP contribution in [0.3, 0.4) is 0 Å². The minimum Gasteiger partial charge on any atom is -0.348 e. The molecule has 0 aliphatic heterocycles. The maximum absolute atomic E-state index is 13.5. The summed E-state index contributed by atoms with van der Waals surface area (Å²) in [4.78, 5) is 17.1. The fraction of sp³-hybridized carbons (Fsp3) is 0.333.